The van der Waals surface area contributed by atoms with Gasteiger partial charge in [0.15, 0.2) is 5.17 Å². The van der Waals surface area contributed by atoms with Crippen LogP contribution in [0.2, 0.25) is 5.02 Å². The summed E-state index contributed by atoms with van der Waals surface area (Å²) in [7, 11) is 1.67. The lowest BCUT2D eigenvalue weighted by Crippen LogP contribution is -2.43. The molecule has 1 saturated heterocycles. The summed E-state index contributed by atoms with van der Waals surface area (Å²) >= 11 is 7.21. The van der Waals surface area contributed by atoms with Gasteiger partial charge in [-0.1, -0.05) is 47.6 Å². The van der Waals surface area contributed by atoms with Gasteiger partial charge in [0, 0.05) is 24.2 Å². The quantitative estimate of drug-likeness (QED) is 0.886. The largest absolute Gasteiger partial charge is 0.325 e. The van der Waals surface area contributed by atoms with Crippen LogP contribution in [0.15, 0.2) is 59.6 Å². The van der Waals surface area contributed by atoms with Crippen molar-refractivity contribution in [2.75, 3.05) is 12.4 Å². The molecule has 0 aliphatic carbocycles. The van der Waals surface area contributed by atoms with Crippen molar-refractivity contribution in [1.29, 1.82) is 0 Å². The number of para-hydroxylation sites is 1. The minimum atomic E-state index is -0.537. The van der Waals surface area contributed by atoms with E-state index >= 15 is 0 Å². The summed E-state index contributed by atoms with van der Waals surface area (Å²) in [6.07, 6.45) is 0.126. The maximum absolute atomic E-state index is 12.5. The molecule has 3 rings (SSSR count). The molecule has 2 aromatic rings. The number of nitrogens with zero attached hydrogens (tertiary/aromatic N) is 2. The van der Waals surface area contributed by atoms with E-state index in [9.17, 15) is 9.59 Å². The van der Waals surface area contributed by atoms with Gasteiger partial charge in [0.2, 0.25) is 11.8 Å². The first-order chi connectivity index (χ1) is 12.0. The minimum Gasteiger partial charge on any atom is -0.325 e. The van der Waals surface area contributed by atoms with Gasteiger partial charge in [0.05, 0.1) is 5.69 Å². The molecule has 1 atom stereocenters. The van der Waals surface area contributed by atoms with E-state index in [1.54, 1.807) is 31.3 Å². The average Bonchev–Trinajstić information content (AvgIpc) is 2.59. The van der Waals surface area contributed by atoms with E-state index in [2.05, 4.69) is 10.3 Å². The third-order valence-electron chi connectivity index (χ3n) is 3.63. The van der Waals surface area contributed by atoms with Gasteiger partial charge in [-0.25, -0.2) is 4.99 Å². The topological polar surface area (TPSA) is 61.8 Å². The van der Waals surface area contributed by atoms with Crippen LogP contribution in [0.4, 0.5) is 11.4 Å². The summed E-state index contributed by atoms with van der Waals surface area (Å²) in [6.45, 7) is 0. The smallest absolute Gasteiger partial charge is 0.238 e. The number of nitrogens with one attached hydrogen (secondary N) is 1. The predicted octanol–water partition coefficient (Wildman–Crippen LogP) is 3.93. The van der Waals surface area contributed by atoms with Crippen molar-refractivity contribution in [3.8, 4) is 0 Å². The molecule has 1 unspecified atom stereocenters. The molecule has 0 spiro atoms. The summed E-state index contributed by atoms with van der Waals surface area (Å²) in [4.78, 5) is 30.7. The molecule has 1 N–H and O–H groups in total. The van der Waals surface area contributed by atoms with E-state index in [0.29, 0.717) is 15.9 Å². The summed E-state index contributed by atoms with van der Waals surface area (Å²) in [6, 6.07) is 16.2. The molecule has 128 valence electrons. The number of aliphatic imine (C=N–C) groups is 1. The second-order valence-electron chi connectivity index (χ2n) is 5.49. The van der Waals surface area contributed by atoms with Crippen LogP contribution in [-0.2, 0) is 9.59 Å². The SMILES string of the molecule is CN1C(=O)CC(C(=O)Nc2cccc(Cl)c2)SC1=Nc1ccccc1. The third kappa shape index (κ3) is 4.41. The Bertz CT molecular complexity index is 826. The molecule has 7 heteroatoms. The summed E-state index contributed by atoms with van der Waals surface area (Å²) in [5, 5.41) is 3.31. The number of thioether (sulfide) groups is 1. The Morgan fingerprint density at radius 3 is 2.72 bits per heavy atom. The number of amidine groups is 1. The fourth-order valence-electron chi connectivity index (χ4n) is 2.30. The zero-order chi connectivity index (χ0) is 17.8. The highest BCUT2D eigenvalue weighted by atomic mass is 35.5. The van der Waals surface area contributed by atoms with Crippen molar-refractivity contribution in [2.24, 2.45) is 4.99 Å². The Labute approximate surface area is 155 Å². The number of hydrogen-bond donors (Lipinski definition) is 1. The highest BCUT2D eigenvalue weighted by Gasteiger charge is 2.34. The Balaban J connectivity index is 1.77. The fourth-order valence-corrected chi connectivity index (χ4v) is 3.55. The number of carbonyl (C=O) groups excluding carboxylic acids is 2. The van der Waals surface area contributed by atoms with E-state index in [4.69, 9.17) is 11.6 Å². The van der Waals surface area contributed by atoms with Gasteiger partial charge >= 0.3 is 0 Å². The van der Waals surface area contributed by atoms with Crippen molar-refractivity contribution in [2.45, 2.75) is 11.7 Å². The van der Waals surface area contributed by atoms with Crippen molar-refractivity contribution in [3.05, 3.63) is 59.6 Å². The van der Waals surface area contributed by atoms with Crippen molar-refractivity contribution in [1.82, 2.24) is 4.90 Å². The first-order valence-electron chi connectivity index (χ1n) is 7.66. The lowest BCUT2D eigenvalue weighted by molar-refractivity contribution is -0.128. The number of halogens is 1. The van der Waals surface area contributed by atoms with E-state index in [0.717, 1.165) is 5.69 Å². The number of carbonyl (C=O) groups is 2. The van der Waals surface area contributed by atoms with Crippen LogP contribution in [0.3, 0.4) is 0 Å². The summed E-state index contributed by atoms with van der Waals surface area (Å²) in [5.41, 5.74) is 1.34. The van der Waals surface area contributed by atoms with Crippen molar-refractivity contribution in [3.63, 3.8) is 0 Å². The molecular weight excluding hydrogens is 358 g/mol. The van der Waals surface area contributed by atoms with Crippen LogP contribution in [-0.4, -0.2) is 34.2 Å². The van der Waals surface area contributed by atoms with E-state index < -0.39 is 5.25 Å². The van der Waals surface area contributed by atoms with Gasteiger partial charge in [-0.3, -0.25) is 14.5 Å². The summed E-state index contributed by atoms with van der Waals surface area (Å²) < 4.78 is 0. The van der Waals surface area contributed by atoms with Gasteiger partial charge in [-0.05, 0) is 30.3 Å². The van der Waals surface area contributed by atoms with E-state index in [1.165, 1.54) is 16.7 Å². The monoisotopic (exact) mass is 373 g/mol. The highest BCUT2D eigenvalue weighted by molar-refractivity contribution is 8.15. The molecule has 2 amide bonds. The maximum atomic E-state index is 12.5. The van der Waals surface area contributed by atoms with Crippen molar-refractivity contribution < 1.29 is 9.59 Å². The lowest BCUT2D eigenvalue weighted by atomic mass is 10.2. The predicted molar refractivity (Wildman–Crippen MR) is 102 cm³/mol. The third-order valence-corrected chi connectivity index (χ3v) is 5.11. The van der Waals surface area contributed by atoms with Gasteiger partial charge in [0.1, 0.15) is 5.25 Å². The standard InChI is InChI=1S/C18H16ClN3O2S/c1-22-16(23)11-15(17(24)20-14-9-5-6-12(19)10-14)25-18(22)21-13-7-3-2-4-8-13/h2-10,15H,11H2,1H3,(H,20,24). The first-order valence-corrected chi connectivity index (χ1v) is 8.92. The average molecular weight is 374 g/mol. The number of anilines is 1. The Morgan fingerprint density at radius 1 is 1.24 bits per heavy atom. The van der Waals surface area contributed by atoms with E-state index in [-0.39, 0.29) is 18.2 Å². The molecule has 1 aliphatic rings. The normalized spacial score (nSPS) is 19.1. The second-order valence-corrected chi connectivity index (χ2v) is 7.10. The highest BCUT2D eigenvalue weighted by Crippen LogP contribution is 2.29. The van der Waals surface area contributed by atoms with Gasteiger partial charge < -0.3 is 5.32 Å². The molecule has 1 heterocycles. The van der Waals surface area contributed by atoms with Gasteiger partial charge in [0.25, 0.3) is 0 Å². The molecule has 5 nitrogen and oxygen atoms in total. The minimum absolute atomic E-state index is 0.126. The Hall–Kier alpha value is -2.31. The molecule has 0 bridgehead atoms. The zero-order valence-corrected chi connectivity index (χ0v) is 15.1. The van der Waals surface area contributed by atoms with Gasteiger partial charge in [-0.2, -0.15) is 0 Å². The molecule has 1 fully saturated rings. The number of hydrogen-bond acceptors (Lipinski definition) is 4. The Morgan fingerprint density at radius 2 is 2.00 bits per heavy atom. The molecule has 0 radical (unpaired) electrons. The van der Waals surface area contributed by atoms with Crippen LogP contribution in [0.25, 0.3) is 0 Å². The van der Waals surface area contributed by atoms with Crippen LogP contribution in [0.1, 0.15) is 6.42 Å². The molecule has 0 saturated carbocycles. The number of rotatable bonds is 3. The van der Waals surface area contributed by atoms with Crippen LogP contribution >= 0.6 is 23.4 Å². The number of amides is 2. The number of benzene rings is 2. The van der Waals surface area contributed by atoms with Crippen LogP contribution in [0, 0.1) is 0 Å². The fraction of sp³-hybridized carbons (Fsp3) is 0.167. The second kappa shape index (κ2) is 7.72. The maximum Gasteiger partial charge on any atom is 0.238 e. The van der Waals surface area contributed by atoms with Crippen LogP contribution in [0.5, 0.6) is 0 Å². The lowest BCUT2D eigenvalue weighted by Gasteiger charge is -2.28. The molecule has 0 aromatic heterocycles. The Kier molecular flexibility index (Phi) is 5.40. The zero-order valence-electron chi connectivity index (χ0n) is 13.5. The molecule has 2 aromatic carbocycles. The molecule has 25 heavy (non-hydrogen) atoms. The van der Waals surface area contributed by atoms with Crippen LogP contribution < -0.4 is 5.32 Å². The first kappa shape index (κ1) is 17.5. The molecular formula is C18H16ClN3O2S. The summed E-state index contributed by atoms with van der Waals surface area (Å²) in [5.74, 6) is -0.380. The molecule has 1 aliphatic heterocycles. The van der Waals surface area contributed by atoms with E-state index in [1.807, 2.05) is 30.3 Å². The van der Waals surface area contributed by atoms with Gasteiger partial charge in [-0.15, -0.1) is 0 Å². The van der Waals surface area contributed by atoms with Crippen molar-refractivity contribution >= 4 is 51.7 Å².